The second-order valence-corrected chi connectivity index (χ2v) is 16.8. The van der Waals surface area contributed by atoms with Crippen LogP contribution in [-0.2, 0) is 0 Å². The summed E-state index contributed by atoms with van der Waals surface area (Å²) in [7, 11) is 0. The average molecular weight is 873 g/mol. The van der Waals surface area contributed by atoms with E-state index < -0.39 is 0 Å². The largest absolute Gasteiger partial charge is 0.447 e. The lowest BCUT2D eigenvalue weighted by Gasteiger charge is -2.36. The Bertz CT molecular complexity index is 3300. The standard InChI is InChI=1S/C64H44N2O2/c1-5-21-45(22-6-1)47-37-41-51(42-38-47)65(57-33-17-15-29-53(57)49-25-9-3-10-26-49)61-55-31-13-14-32-56(55)62(64-63(61)67-59-35-19-20-36-60(59)68-64)66(52-43-39-48(40-44-52)46-23-7-2-8-24-46)58-34-18-16-30-54(58)50-27-11-4-12-28-50/h1-44H. The molecule has 0 radical (unpaired) electrons. The Hall–Kier alpha value is -9.12. The molecule has 0 spiro atoms. The number of fused-ring (bicyclic) bond motifs is 3. The minimum atomic E-state index is 0.607. The van der Waals surface area contributed by atoms with Gasteiger partial charge >= 0.3 is 0 Å². The van der Waals surface area contributed by atoms with Gasteiger partial charge in [0.15, 0.2) is 23.0 Å². The molecule has 4 nitrogen and oxygen atoms in total. The lowest BCUT2D eigenvalue weighted by atomic mass is 9.96. The van der Waals surface area contributed by atoms with Crippen molar-refractivity contribution in [1.82, 2.24) is 0 Å². The molecule has 0 bridgehead atoms. The SMILES string of the molecule is c1ccc(-c2ccc(N(c3ccccc3-c3ccccc3)c3c4c(c(N(c5ccc(-c6ccccc6)cc5)c5ccccc5-c5ccccc5)c5ccccc35)Oc3ccccc3O4)cc2)cc1. The van der Waals surface area contributed by atoms with Gasteiger partial charge in [-0.2, -0.15) is 0 Å². The van der Waals surface area contributed by atoms with Gasteiger partial charge in [0, 0.05) is 33.3 Å². The molecule has 12 rings (SSSR count). The lowest BCUT2D eigenvalue weighted by molar-refractivity contribution is 0.362. The van der Waals surface area contributed by atoms with E-state index >= 15 is 0 Å². The predicted octanol–water partition coefficient (Wildman–Crippen LogP) is 18.3. The number of hydrogen-bond acceptors (Lipinski definition) is 4. The molecule has 1 aliphatic rings. The van der Waals surface area contributed by atoms with Crippen LogP contribution in [0.2, 0.25) is 0 Å². The molecule has 0 fully saturated rings. The minimum absolute atomic E-state index is 0.607. The van der Waals surface area contributed by atoms with Crippen LogP contribution in [0, 0.1) is 0 Å². The van der Waals surface area contributed by atoms with Gasteiger partial charge in [-0.1, -0.05) is 218 Å². The third kappa shape index (κ3) is 7.40. The topological polar surface area (TPSA) is 24.9 Å². The molecule has 0 atom stereocenters. The van der Waals surface area contributed by atoms with Crippen LogP contribution in [-0.4, -0.2) is 0 Å². The Kier molecular flexibility index (Phi) is 10.5. The first-order valence-corrected chi connectivity index (χ1v) is 23.0. The number of ether oxygens (including phenoxy) is 2. The lowest BCUT2D eigenvalue weighted by Crippen LogP contribution is -2.18. The zero-order valence-electron chi connectivity index (χ0n) is 37.1. The third-order valence-electron chi connectivity index (χ3n) is 12.7. The summed E-state index contributed by atoms with van der Waals surface area (Å²) < 4.78 is 14.7. The number of hydrogen-bond donors (Lipinski definition) is 0. The highest BCUT2D eigenvalue weighted by Crippen LogP contribution is 2.62. The van der Waals surface area contributed by atoms with Gasteiger partial charge in [0.05, 0.1) is 11.4 Å². The highest BCUT2D eigenvalue weighted by atomic mass is 16.6. The van der Waals surface area contributed by atoms with Crippen molar-refractivity contribution in [3.05, 3.63) is 267 Å². The van der Waals surface area contributed by atoms with Crippen molar-refractivity contribution < 1.29 is 9.47 Å². The zero-order valence-corrected chi connectivity index (χ0v) is 37.1. The first kappa shape index (κ1) is 40.4. The van der Waals surface area contributed by atoms with Crippen LogP contribution in [0.5, 0.6) is 23.0 Å². The monoisotopic (exact) mass is 872 g/mol. The van der Waals surface area contributed by atoms with Crippen LogP contribution >= 0.6 is 0 Å². The van der Waals surface area contributed by atoms with E-state index in [0.717, 1.165) is 89.4 Å². The maximum absolute atomic E-state index is 7.34. The molecular weight excluding hydrogens is 829 g/mol. The number of nitrogens with zero attached hydrogens (tertiary/aromatic N) is 2. The third-order valence-corrected chi connectivity index (χ3v) is 12.7. The summed E-state index contributed by atoms with van der Waals surface area (Å²) in [6.45, 7) is 0. The molecule has 1 heterocycles. The fourth-order valence-corrected chi connectivity index (χ4v) is 9.53. The Morgan fingerprint density at radius 1 is 0.235 bits per heavy atom. The predicted molar refractivity (Wildman–Crippen MR) is 282 cm³/mol. The molecule has 0 aromatic heterocycles. The summed E-state index contributed by atoms with van der Waals surface area (Å²) in [6, 6.07) is 93.9. The van der Waals surface area contributed by atoms with E-state index in [4.69, 9.17) is 9.47 Å². The molecule has 0 aliphatic carbocycles. The van der Waals surface area contributed by atoms with Crippen molar-refractivity contribution in [2.45, 2.75) is 0 Å². The van der Waals surface area contributed by atoms with Crippen LogP contribution < -0.4 is 19.3 Å². The van der Waals surface area contributed by atoms with Crippen molar-refractivity contribution in [1.29, 1.82) is 0 Å². The molecule has 0 saturated heterocycles. The normalized spacial score (nSPS) is 11.5. The van der Waals surface area contributed by atoms with Crippen LogP contribution in [0.25, 0.3) is 55.3 Å². The van der Waals surface area contributed by atoms with Crippen molar-refractivity contribution in [2.75, 3.05) is 9.80 Å². The molecule has 11 aromatic carbocycles. The van der Waals surface area contributed by atoms with Crippen molar-refractivity contribution in [2.24, 2.45) is 0 Å². The van der Waals surface area contributed by atoms with Crippen molar-refractivity contribution >= 4 is 44.9 Å². The van der Waals surface area contributed by atoms with Crippen molar-refractivity contribution in [3.8, 4) is 67.5 Å². The number of rotatable bonds is 10. The molecule has 11 aromatic rings. The fraction of sp³-hybridized carbons (Fsp3) is 0. The smallest absolute Gasteiger partial charge is 0.196 e. The molecular formula is C64H44N2O2. The summed E-state index contributed by atoms with van der Waals surface area (Å²) >= 11 is 0. The van der Waals surface area contributed by atoms with Crippen LogP contribution in [0.15, 0.2) is 267 Å². The highest BCUT2D eigenvalue weighted by Gasteiger charge is 2.36. The second-order valence-electron chi connectivity index (χ2n) is 16.8. The van der Waals surface area contributed by atoms with E-state index in [9.17, 15) is 0 Å². The van der Waals surface area contributed by atoms with E-state index in [2.05, 4.69) is 252 Å². The maximum Gasteiger partial charge on any atom is 0.196 e. The molecule has 1 aliphatic heterocycles. The van der Waals surface area contributed by atoms with Gasteiger partial charge < -0.3 is 19.3 Å². The van der Waals surface area contributed by atoms with Crippen molar-refractivity contribution in [3.63, 3.8) is 0 Å². The Balaban J connectivity index is 1.17. The van der Waals surface area contributed by atoms with Crippen LogP contribution in [0.4, 0.5) is 34.1 Å². The average Bonchev–Trinajstić information content (AvgIpc) is 3.42. The fourth-order valence-electron chi connectivity index (χ4n) is 9.53. The Morgan fingerprint density at radius 2 is 0.529 bits per heavy atom. The highest BCUT2D eigenvalue weighted by molar-refractivity contribution is 6.14. The summed E-state index contributed by atoms with van der Waals surface area (Å²) in [4.78, 5) is 4.71. The number of benzene rings is 11. The maximum atomic E-state index is 7.34. The summed E-state index contributed by atoms with van der Waals surface area (Å²) in [5.74, 6) is 2.49. The molecule has 0 amide bonds. The van der Waals surface area contributed by atoms with Gasteiger partial charge in [-0.3, -0.25) is 0 Å². The Morgan fingerprint density at radius 3 is 0.912 bits per heavy atom. The van der Waals surface area contributed by atoms with Gasteiger partial charge in [-0.25, -0.2) is 0 Å². The zero-order chi connectivity index (χ0) is 45.2. The Labute approximate surface area is 396 Å². The van der Waals surface area contributed by atoms with E-state index in [1.165, 1.54) is 0 Å². The van der Waals surface area contributed by atoms with E-state index in [0.29, 0.717) is 23.0 Å². The van der Waals surface area contributed by atoms with Gasteiger partial charge in [0.2, 0.25) is 0 Å². The van der Waals surface area contributed by atoms with E-state index in [1.54, 1.807) is 0 Å². The second kappa shape index (κ2) is 17.7. The summed E-state index contributed by atoms with van der Waals surface area (Å²) in [6.07, 6.45) is 0. The van der Waals surface area contributed by atoms with E-state index in [-0.39, 0.29) is 0 Å². The number of para-hydroxylation sites is 4. The molecule has 0 saturated carbocycles. The van der Waals surface area contributed by atoms with E-state index in [1.807, 2.05) is 24.3 Å². The molecule has 68 heavy (non-hydrogen) atoms. The van der Waals surface area contributed by atoms with Gasteiger partial charge in [-0.05, 0) is 81.9 Å². The summed E-state index contributed by atoms with van der Waals surface area (Å²) in [5, 5.41) is 1.98. The van der Waals surface area contributed by atoms with Crippen LogP contribution in [0.3, 0.4) is 0 Å². The quantitative estimate of drug-likeness (QED) is 0.128. The first-order chi connectivity index (χ1) is 33.8. The molecule has 0 unspecified atom stereocenters. The van der Waals surface area contributed by atoms with Gasteiger partial charge in [0.25, 0.3) is 0 Å². The molecule has 4 heteroatoms. The molecule has 322 valence electrons. The first-order valence-electron chi connectivity index (χ1n) is 23.0. The molecule has 0 N–H and O–H groups in total. The van der Waals surface area contributed by atoms with Crippen LogP contribution in [0.1, 0.15) is 0 Å². The van der Waals surface area contributed by atoms with Gasteiger partial charge in [0.1, 0.15) is 11.4 Å². The van der Waals surface area contributed by atoms with Gasteiger partial charge in [-0.15, -0.1) is 0 Å². The summed E-state index contributed by atoms with van der Waals surface area (Å²) in [5.41, 5.74) is 14.6. The number of anilines is 6. The minimum Gasteiger partial charge on any atom is -0.447 e.